The van der Waals surface area contributed by atoms with E-state index >= 15 is 0 Å². The minimum atomic E-state index is -4.44. The third-order valence-corrected chi connectivity index (χ3v) is 4.89. The van der Waals surface area contributed by atoms with Crippen LogP contribution >= 0.6 is 11.3 Å². The Kier molecular flexibility index (Phi) is 6.73. The maximum absolute atomic E-state index is 13.2. The molecule has 1 aromatic carbocycles. The van der Waals surface area contributed by atoms with Crippen LogP contribution in [0.25, 0.3) is 10.9 Å². The van der Waals surface area contributed by atoms with Crippen molar-refractivity contribution in [3.63, 3.8) is 0 Å². The lowest BCUT2D eigenvalue weighted by molar-refractivity contribution is -0.137. The van der Waals surface area contributed by atoms with E-state index in [4.69, 9.17) is 4.74 Å². The lowest BCUT2D eigenvalue weighted by Gasteiger charge is -2.19. The quantitative estimate of drug-likeness (QED) is 0.456. The predicted octanol–water partition coefficient (Wildman–Crippen LogP) is 5.56. The SMILES string of the molecule is CC(C)(C)OC(=O)NCCCCn1nc(Nc2nccs2)c2cc(C(F)(F)F)ccc21. The number of hydrogen-bond donors (Lipinski definition) is 2. The van der Waals surface area contributed by atoms with Crippen LogP contribution in [0.5, 0.6) is 0 Å². The number of alkyl halides is 3. The molecule has 0 aliphatic rings. The van der Waals surface area contributed by atoms with Gasteiger partial charge in [-0.05, 0) is 51.8 Å². The van der Waals surface area contributed by atoms with E-state index in [2.05, 4.69) is 20.7 Å². The number of nitrogens with one attached hydrogen (secondary N) is 2. The molecule has 1 amide bonds. The van der Waals surface area contributed by atoms with Crippen molar-refractivity contribution >= 4 is 39.3 Å². The Hall–Kier alpha value is -2.82. The Balaban J connectivity index is 1.69. The first kappa shape index (κ1) is 22.9. The molecule has 0 bridgehead atoms. The van der Waals surface area contributed by atoms with Crippen LogP contribution in [0.1, 0.15) is 39.2 Å². The summed E-state index contributed by atoms with van der Waals surface area (Å²) in [5, 5.41) is 12.8. The van der Waals surface area contributed by atoms with Crippen molar-refractivity contribution in [2.75, 3.05) is 11.9 Å². The summed E-state index contributed by atoms with van der Waals surface area (Å²) in [7, 11) is 0. The molecule has 2 heterocycles. The summed E-state index contributed by atoms with van der Waals surface area (Å²) >= 11 is 1.33. The summed E-state index contributed by atoms with van der Waals surface area (Å²) in [6.45, 7) is 6.28. The Morgan fingerprint density at radius 1 is 1.23 bits per heavy atom. The topological polar surface area (TPSA) is 81.1 Å². The fourth-order valence-corrected chi connectivity index (χ4v) is 3.42. The number of ether oxygens (including phenoxy) is 1. The van der Waals surface area contributed by atoms with Crippen molar-refractivity contribution in [3.8, 4) is 0 Å². The van der Waals surface area contributed by atoms with E-state index in [-0.39, 0.29) is 0 Å². The zero-order chi connectivity index (χ0) is 22.6. The highest BCUT2D eigenvalue weighted by Gasteiger charge is 2.31. The third-order valence-electron chi connectivity index (χ3n) is 4.20. The zero-order valence-corrected chi connectivity index (χ0v) is 18.2. The third kappa shape index (κ3) is 6.33. The number of aryl methyl sites for hydroxylation is 1. The molecule has 11 heteroatoms. The van der Waals surface area contributed by atoms with Gasteiger partial charge in [0, 0.05) is 30.1 Å². The van der Waals surface area contributed by atoms with Crippen LogP contribution in [0, 0.1) is 0 Å². The molecule has 2 aromatic heterocycles. The molecule has 7 nitrogen and oxygen atoms in total. The summed E-state index contributed by atoms with van der Waals surface area (Å²) in [6, 6.07) is 3.58. The van der Waals surface area contributed by atoms with Gasteiger partial charge in [0.15, 0.2) is 10.9 Å². The van der Waals surface area contributed by atoms with Crippen LogP contribution in [0.3, 0.4) is 0 Å². The van der Waals surface area contributed by atoms with Crippen molar-refractivity contribution in [1.82, 2.24) is 20.1 Å². The van der Waals surface area contributed by atoms with Crippen LogP contribution in [0.2, 0.25) is 0 Å². The number of alkyl carbamates (subject to hydrolysis) is 1. The second-order valence-electron chi connectivity index (χ2n) is 7.90. The molecule has 3 rings (SSSR count). The molecule has 2 N–H and O–H groups in total. The summed E-state index contributed by atoms with van der Waals surface area (Å²) in [6.07, 6.45) is -1.99. The van der Waals surface area contributed by atoms with E-state index < -0.39 is 23.4 Å². The lowest BCUT2D eigenvalue weighted by Crippen LogP contribution is -2.33. The predicted molar refractivity (Wildman–Crippen MR) is 114 cm³/mol. The number of rotatable bonds is 7. The molecular formula is C20H24F3N5O2S. The summed E-state index contributed by atoms with van der Waals surface area (Å²) in [5.41, 5.74) is -0.704. The number of halogens is 3. The molecule has 0 saturated carbocycles. The lowest BCUT2D eigenvalue weighted by atomic mass is 10.1. The number of benzene rings is 1. The molecule has 0 fully saturated rings. The molecule has 0 unspecified atom stereocenters. The minimum absolute atomic E-state index is 0.322. The normalized spacial score (nSPS) is 12.2. The van der Waals surface area contributed by atoms with Gasteiger partial charge < -0.3 is 15.4 Å². The van der Waals surface area contributed by atoms with Gasteiger partial charge in [0.25, 0.3) is 0 Å². The monoisotopic (exact) mass is 455 g/mol. The number of carbonyl (C=O) groups is 1. The second kappa shape index (κ2) is 9.13. The largest absolute Gasteiger partial charge is 0.444 e. The van der Waals surface area contributed by atoms with Crippen molar-refractivity contribution < 1.29 is 22.7 Å². The Morgan fingerprint density at radius 3 is 2.65 bits per heavy atom. The summed E-state index contributed by atoms with van der Waals surface area (Å²) < 4.78 is 46.4. The standard InChI is InChI=1S/C20H24F3N5O2S/c1-19(2,3)30-18(29)25-8-4-5-10-28-15-7-6-13(20(21,22)23)12-14(15)16(27-28)26-17-24-9-11-31-17/h6-7,9,11-12H,4-5,8,10H2,1-3H3,(H,25,29)(H,24,26,27). The fraction of sp³-hybridized carbons (Fsp3) is 0.450. The number of fused-ring (bicyclic) bond motifs is 1. The molecule has 168 valence electrons. The first-order valence-corrected chi connectivity index (χ1v) is 10.6. The Labute approximate surface area is 181 Å². The van der Waals surface area contributed by atoms with E-state index in [9.17, 15) is 18.0 Å². The van der Waals surface area contributed by atoms with Crippen molar-refractivity contribution in [3.05, 3.63) is 35.3 Å². The number of aromatic nitrogens is 3. The van der Waals surface area contributed by atoms with Crippen molar-refractivity contribution in [2.24, 2.45) is 0 Å². The maximum Gasteiger partial charge on any atom is 0.416 e. The number of thiazole rings is 1. The Morgan fingerprint density at radius 2 is 2.00 bits per heavy atom. The average Bonchev–Trinajstić information content (AvgIpc) is 3.28. The number of anilines is 2. The number of nitrogens with zero attached hydrogens (tertiary/aromatic N) is 3. The molecule has 0 aliphatic carbocycles. The number of carbonyl (C=O) groups excluding carboxylic acids is 1. The maximum atomic E-state index is 13.2. The average molecular weight is 456 g/mol. The van der Waals surface area contributed by atoms with E-state index in [1.807, 2.05) is 0 Å². The molecule has 3 aromatic rings. The van der Waals surface area contributed by atoms with Crippen LogP contribution < -0.4 is 10.6 Å². The van der Waals surface area contributed by atoms with Crippen LogP contribution in [0.4, 0.5) is 28.9 Å². The number of amides is 1. The fourth-order valence-electron chi connectivity index (χ4n) is 2.90. The van der Waals surface area contributed by atoms with E-state index in [1.54, 1.807) is 37.0 Å². The minimum Gasteiger partial charge on any atom is -0.444 e. The zero-order valence-electron chi connectivity index (χ0n) is 17.4. The van der Waals surface area contributed by atoms with Gasteiger partial charge in [0.05, 0.1) is 11.1 Å². The molecule has 31 heavy (non-hydrogen) atoms. The van der Waals surface area contributed by atoms with Crippen molar-refractivity contribution in [2.45, 2.75) is 51.9 Å². The summed E-state index contributed by atoms with van der Waals surface area (Å²) in [4.78, 5) is 15.8. The van der Waals surface area contributed by atoms with Gasteiger partial charge in [-0.25, -0.2) is 9.78 Å². The molecule has 0 aliphatic heterocycles. The first-order valence-electron chi connectivity index (χ1n) is 9.74. The molecule has 0 spiro atoms. The smallest absolute Gasteiger partial charge is 0.416 e. The van der Waals surface area contributed by atoms with E-state index in [0.29, 0.717) is 47.8 Å². The van der Waals surface area contributed by atoms with Crippen LogP contribution in [0.15, 0.2) is 29.8 Å². The van der Waals surface area contributed by atoms with Gasteiger partial charge in [0.2, 0.25) is 0 Å². The van der Waals surface area contributed by atoms with Crippen LogP contribution in [-0.4, -0.2) is 33.0 Å². The first-order chi connectivity index (χ1) is 14.5. The molecule has 0 radical (unpaired) electrons. The highest BCUT2D eigenvalue weighted by molar-refractivity contribution is 7.13. The van der Waals surface area contributed by atoms with Gasteiger partial charge in [-0.15, -0.1) is 11.3 Å². The second-order valence-corrected chi connectivity index (χ2v) is 8.79. The highest BCUT2D eigenvalue weighted by Crippen LogP contribution is 2.34. The molecule has 0 saturated heterocycles. The molecular weight excluding hydrogens is 431 g/mol. The van der Waals surface area contributed by atoms with E-state index in [1.165, 1.54) is 17.4 Å². The molecule has 0 atom stereocenters. The summed E-state index contributed by atoms with van der Waals surface area (Å²) in [5.74, 6) is 0.322. The van der Waals surface area contributed by atoms with Gasteiger partial charge in [0.1, 0.15) is 5.60 Å². The number of hydrogen-bond acceptors (Lipinski definition) is 6. The van der Waals surface area contributed by atoms with Crippen LogP contribution in [-0.2, 0) is 17.5 Å². The van der Waals surface area contributed by atoms with Crippen molar-refractivity contribution in [1.29, 1.82) is 0 Å². The van der Waals surface area contributed by atoms with Gasteiger partial charge in [-0.1, -0.05) is 0 Å². The van der Waals surface area contributed by atoms with Gasteiger partial charge >= 0.3 is 12.3 Å². The van der Waals surface area contributed by atoms with Gasteiger partial charge in [-0.2, -0.15) is 18.3 Å². The number of unbranched alkanes of at least 4 members (excludes halogenated alkanes) is 1. The Bertz CT molecular complexity index is 1030. The van der Waals surface area contributed by atoms with E-state index in [0.717, 1.165) is 12.1 Å². The van der Waals surface area contributed by atoms with Gasteiger partial charge in [-0.3, -0.25) is 4.68 Å². The highest BCUT2D eigenvalue weighted by atomic mass is 32.1.